The summed E-state index contributed by atoms with van der Waals surface area (Å²) in [6, 6.07) is 5.92. The van der Waals surface area contributed by atoms with Crippen LogP contribution < -0.4 is 0 Å². The van der Waals surface area contributed by atoms with Crippen molar-refractivity contribution < 1.29 is 14.1 Å². The minimum atomic E-state index is -0.242. The van der Waals surface area contributed by atoms with Crippen LogP contribution in [0.15, 0.2) is 22.7 Å². The minimum Gasteiger partial charge on any atom is -0.466 e. The summed E-state index contributed by atoms with van der Waals surface area (Å²) in [5, 5.41) is 3.99. The number of aryl methyl sites for hydroxylation is 3. The first-order chi connectivity index (χ1) is 10.6. The van der Waals surface area contributed by atoms with E-state index in [1.807, 2.05) is 25.1 Å². The number of halogens is 1. The summed E-state index contributed by atoms with van der Waals surface area (Å²) in [7, 11) is 0. The molecule has 2 aromatic rings. The van der Waals surface area contributed by atoms with Crippen LogP contribution >= 0.6 is 11.6 Å². The fourth-order valence-electron chi connectivity index (χ4n) is 2.12. The van der Waals surface area contributed by atoms with Crippen molar-refractivity contribution in [3.63, 3.8) is 0 Å². The zero-order chi connectivity index (χ0) is 15.9. The number of ether oxygens (including phenoxy) is 1. The van der Waals surface area contributed by atoms with E-state index in [1.165, 1.54) is 0 Å². The van der Waals surface area contributed by atoms with E-state index in [9.17, 15) is 4.79 Å². The molecule has 0 spiro atoms. The maximum Gasteiger partial charge on any atom is 0.306 e. The molecule has 2 rings (SSSR count). The summed E-state index contributed by atoms with van der Waals surface area (Å²) < 4.78 is 10.1. The molecule has 22 heavy (non-hydrogen) atoms. The number of rotatable bonds is 7. The van der Waals surface area contributed by atoms with Gasteiger partial charge in [-0.1, -0.05) is 11.2 Å². The monoisotopic (exact) mass is 322 g/mol. The topological polar surface area (TPSA) is 65.2 Å². The van der Waals surface area contributed by atoms with Gasteiger partial charge in [0.25, 0.3) is 0 Å². The quantitative estimate of drug-likeness (QED) is 0.577. The molecule has 0 amide bonds. The van der Waals surface area contributed by atoms with Crippen molar-refractivity contribution in [2.75, 3.05) is 6.61 Å². The molecule has 0 aliphatic rings. The summed E-state index contributed by atoms with van der Waals surface area (Å²) in [5.74, 6) is -0.242. The number of nitrogens with zero attached hydrogens (tertiary/aromatic N) is 2. The van der Waals surface area contributed by atoms with Crippen LogP contribution in [0, 0.1) is 13.8 Å². The average Bonchev–Trinajstić information content (AvgIpc) is 2.80. The smallest absolute Gasteiger partial charge is 0.306 e. The zero-order valence-corrected chi connectivity index (χ0v) is 13.5. The van der Waals surface area contributed by atoms with Gasteiger partial charge >= 0.3 is 5.97 Å². The largest absolute Gasteiger partial charge is 0.466 e. The number of carbonyl (C=O) groups is 1. The van der Waals surface area contributed by atoms with Gasteiger partial charge in [-0.05, 0) is 56.8 Å². The van der Waals surface area contributed by atoms with Crippen molar-refractivity contribution in [1.29, 1.82) is 0 Å². The van der Waals surface area contributed by atoms with Gasteiger partial charge in [0.2, 0.25) is 5.22 Å². The Morgan fingerprint density at radius 1 is 1.32 bits per heavy atom. The van der Waals surface area contributed by atoms with Crippen LogP contribution in [-0.2, 0) is 22.4 Å². The van der Waals surface area contributed by atoms with Gasteiger partial charge in [-0.3, -0.25) is 9.78 Å². The van der Waals surface area contributed by atoms with Crippen LogP contribution in [0.2, 0.25) is 5.22 Å². The minimum absolute atomic E-state index is 0.242. The second-order valence-corrected chi connectivity index (χ2v) is 5.46. The van der Waals surface area contributed by atoms with Gasteiger partial charge in [-0.25, -0.2) is 0 Å². The fourth-order valence-corrected chi connectivity index (χ4v) is 2.38. The number of aromatic nitrogens is 2. The van der Waals surface area contributed by atoms with E-state index < -0.39 is 0 Å². The van der Waals surface area contributed by atoms with E-state index >= 15 is 0 Å². The number of hydrogen-bond acceptors (Lipinski definition) is 5. The van der Waals surface area contributed by atoms with Gasteiger partial charge in [0.1, 0.15) is 0 Å². The number of carbonyl (C=O) groups excluding carboxylic acids is 1. The predicted molar refractivity (Wildman–Crippen MR) is 82.8 cm³/mol. The molecule has 0 saturated carbocycles. The Morgan fingerprint density at radius 2 is 2.14 bits per heavy atom. The molecule has 0 saturated heterocycles. The molecule has 0 aliphatic carbocycles. The third-order valence-corrected chi connectivity index (χ3v) is 3.60. The SMILES string of the molecule is Cc1cccc(CCCOC(=O)CCc2c(C)noc2Cl)n1. The molecule has 0 atom stereocenters. The molecule has 0 bridgehead atoms. The molecule has 5 nitrogen and oxygen atoms in total. The van der Waals surface area contributed by atoms with Crippen molar-refractivity contribution in [3.8, 4) is 0 Å². The van der Waals surface area contributed by atoms with Crippen LogP contribution in [0.4, 0.5) is 0 Å². The summed E-state index contributed by atoms with van der Waals surface area (Å²) in [6.45, 7) is 4.15. The molecular weight excluding hydrogens is 304 g/mol. The number of hydrogen-bond donors (Lipinski definition) is 0. The normalized spacial score (nSPS) is 10.7. The Kier molecular flexibility index (Phi) is 5.95. The standard InChI is InChI=1S/C16H19ClN2O3/c1-11-5-3-6-13(18-11)7-4-10-21-15(20)9-8-14-12(2)19-22-16(14)17/h3,5-6H,4,7-10H2,1-2H3. The molecule has 2 heterocycles. The Morgan fingerprint density at radius 3 is 2.82 bits per heavy atom. The van der Waals surface area contributed by atoms with E-state index in [-0.39, 0.29) is 17.6 Å². The van der Waals surface area contributed by atoms with Crippen molar-refractivity contribution >= 4 is 17.6 Å². The van der Waals surface area contributed by atoms with Crippen LogP contribution in [0.1, 0.15) is 35.5 Å². The van der Waals surface area contributed by atoms with Crippen LogP contribution in [0.3, 0.4) is 0 Å². The maximum atomic E-state index is 11.7. The van der Waals surface area contributed by atoms with Crippen molar-refractivity contribution in [2.24, 2.45) is 0 Å². The first kappa shape index (κ1) is 16.5. The highest BCUT2D eigenvalue weighted by atomic mass is 35.5. The van der Waals surface area contributed by atoms with Crippen molar-refractivity contribution in [1.82, 2.24) is 10.1 Å². The second kappa shape index (κ2) is 7.94. The second-order valence-electron chi connectivity index (χ2n) is 5.11. The molecular formula is C16H19ClN2O3. The van der Waals surface area contributed by atoms with Crippen molar-refractivity contribution in [2.45, 2.75) is 39.5 Å². The van der Waals surface area contributed by atoms with E-state index in [0.717, 1.165) is 29.8 Å². The summed E-state index contributed by atoms with van der Waals surface area (Å²) in [6.07, 6.45) is 2.30. The Balaban J connectivity index is 1.66. The zero-order valence-electron chi connectivity index (χ0n) is 12.8. The van der Waals surface area contributed by atoms with Crippen LogP contribution in [0.5, 0.6) is 0 Å². The lowest BCUT2D eigenvalue weighted by molar-refractivity contribution is -0.143. The first-order valence-corrected chi connectivity index (χ1v) is 7.63. The highest BCUT2D eigenvalue weighted by Crippen LogP contribution is 2.20. The third-order valence-electron chi connectivity index (χ3n) is 3.30. The summed E-state index contributed by atoms with van der Waals surface area (Å²) in [5.41, 5.74) is 3.49. The summed E-state index contributed by atoms with van der Waals surface area (Å²) in [4.78, 5) is 16.1. The lowest BCUT2D eigenvalue weighted by Crippen LogP contribution is -2.08. The van der Waals surface area contributed by atoms with E-state index in [0.29, 0.717) is 18.7 Å². The Hall–Kier alpha value is -1.88. The predicted octanol–water partition coefficient (Wildman–Crippen LogP) is 3.45. The highest BCUT2D eigenvalue weighted by molar-refractivity contribution is 6.29. The third kappa shape index (κ3) is 4.84. The molecule has 0 N–H and O–H groups in total. The van der Waals surface area contributed by atoms with Gasteiger partial charge in [0.15, 0.2) is 0 Å². The fraction of sp³-hybridized carbons (Fsp3) is 0.438. The molecule has 0 aromatic carbocycles. The van der Waals surface area contributed by atoms with Crippen LogP contribution in [0.25, 0.3) is 0 Å². The van der Waals surface area contributed by atoms with Gasteiger partial charge in [-0.15, -0.1) is 0 Å². The Labute approximate surface area is 134 Å². The molecule has 2 aromatic heterocycles. The highest BCUT2D eigenvalue weighted by Gasteiger charge is 2.13. The Bertz CT molecular complexity index is 621. The van der Waals surface area contributed by atoms with E-state index in [1.54, 1.807) is 6.92 Å². The van der Waals surface area contributed by atoms with E-state index in [2.05, 4.69) is 10.1 Å². The number of pyridine rings is 1. The molecule has 118 valence electrons. The van der Waals surface area contributed by atoms with Gasteiger partial charge in [0.05, 0.1) is 12.3 Å². The number of esters is 1. The first-order valence-electron chi connectivity index (χ1n) is 7.25. The van der Waals surface area contributed by atoms with Crippen molar-refractivity contribution in [3.05, 3.63) is 46.1 Å². The lowest BCUT2D eigenvalue weighted by Gasteiger charge is -2.05. The molecule has 0 fully saturated rings. The summed E-state index contributed by atoms with van der Waals surface area (Å²) >= 11 is 5.85. The maximum absolute atomic E-state index is 11.7. The molecule has 0 unspecified atom stereocenters. The molecule has 0 aliphatic heterocycles. The van der Waals surface area contributed by atoms with Gasteiger partial charge in [0, 0.05) is 23.4 Å². The molecule has 0 radical (unpaired) electrons. The van der Waals surface area contributed by atoms with Gasteiger partial charge < -0.3 is 9.26 Å². The average molecular weight is 323 g/mol. The van der Waals surface area contributed by atoms with Crippen LogP contribution in [-0.4, -0.2) is 22.7 Å². The van der Waals surface area contributed by atoms with Gasteiger partial charge in [-0.2, -0.15) is 0 Å². The lowest BCUT2D eigenvalue weighted by atomic mass is 10.1. The van der Waals surface area contributed by atoms with E-state index in [4.69, 9.17) is 20.9 Å². The molecule has 6 heteroatoms.